The molecule has 0 atom stereocenters. The molecule has 1 saturated heterocycles. The van der Waals surface area contributed by atoms with E-state index >= 15 is 0 Å². The van der Waals surface area contributed by atoms with E-state index in [1.807, 2.05) is 29.6 Å². The van der Waals surface area contributed by atoms with Gasteiger partial charge in [-0.3, -0.25) is 4.79 Å². The van der Waals surface area contributed by atoms with Crippen molar-refractivity contribution in [1.29, 1.82) is 0 Å². The largest absolute Gasteiger partial charge is 0.486 e. The smallest absolute Gasteiger partial charge is 0.229 e. The molecule has 1 N–H and O–H groups in total. The summed E-state index contributed by atoms with van der Waals surface area (Å²) in [4.78, 5) is 19.5. The molecule has 0 bridgehead atoms. The second-order valence-corrected chi connectivity index (χ2v) is 8.61. The Morgan fingerprint density at radius 3 is 2.68 bits per heavy atom. The van der Waals surface area contributed by atoms with Crippen LogP contribution in [0.1, 0.15) is 12.8 Å². The predicted octanol–water partition coefficient (Wildman–Crippen LogP) is 3.88. The van der Waals surface area contributed by atoms with Crippen molar-refractivity contribution in [2.45, 2.75) is 12.8 Å². The second kappa shape index (κ2) is 8.68. The summed E-state index contributed by atoms with van der Waals surface area (Å²) in [6.45, 7) is 2.59. The highest BCUT2D eigenvalue weighted by atomic mass is 35.5. The number of nitrogens with one attached hydrogen (secondary N) is 1. The lowest BCUT2D eigenvalue weighted by molar-refractivity contribution is -0.120. The number of halogens is 1. The summed E-state index contributed by atoms with van der Waals surface area (Å²) >= 11 is 7.22. The van der Waals surface area contributed by atoms with Crippen LogP contribution >= 0.6 is 22.9 Å². The van der Waals surface area contributed by atoms with Crippen molar-refractivity contribution in [2.75, 3.05) is 36.5 Å². The van der Waals surface area contributed by atoms with Gasteiger partial charge in [-0.2, -0.15) is 0 Å². The third-order valence-corrected chi connectivity index (χ3v) is 6.34. The molecular weight excluding hydrogens is 438 g/mol. The number of anilines is 2. The van der Waals surface area contributed by atoms with Crippen molar-refractivity contribution >= 4 is 39.8 Å². The maximum atomic E-state index is 12.7. The highest BCUT2D eigenvalue weighted by molar-refractivity contribution is 7.14. The molecule has 2 aliphatic rings. The maximum Gasteiger partial charge on any atom is 0.229 e. The molecule has 3 aromatic rings. The summed E-state index contributed by atoms with van der Waals surface area (Å²) in [6.07, 6.45) is 1.49. The summed E-state index contributed by atoms with van der Waals surface area (Å²) < 4.78 is 11.2. The van der Waals surface area contributed by atoms with E-state index in [0.717, 1.165) is 54.5 Å². The third-order valence-electron chi connectivity index (χ3n) is 5.38. The molecule has 1 amide bonds. The average molecular weight is 458 g/mol. The van der Waals surface area contributed by atoms with E-state index in [9.17, 15) is 4.79 Å². The van der Waals surface area contributed by atoms with Gasteiger partial charge in [-0.1, -0.05) is 11.6 Å². The number of rotatable bonds is 4. The van der Waals surface area contributed by atoms with Crippen LogP contribution in [0.4, 0.5) is 10.9 Å². The topological polar surface area (TPSA) is 89.5 Å². The Morgan fingerprint density at radius 2 is 1.90 bits per heavy atom. The summed E-state index contributed by atoms with van der Waals surface area (Å²) in [7, 11) is 0. The van der Waals surface area contributed by atoms with Gasteiger partial charge in [0.25, 0.3) is 0 Å². The van der Waals surface area contributed by atoms with Crippen LogP contribution in [0.5, 0.6) is 11.5 Å². The molecule has 1 fully saturated rings. The zero-order valence-electron chi connectivity index (χ0n) is 16.6. The number of thiazole rings is 1. The molecule has 2 aliphatic heterocycles. The Hall–Kier alpha value is -2.91. The average Bonchev–Trinajstić information content (AvgIpc) is 3.28. The van der Waals surface area contributed by atoms with E-state index in [4.69, 9.17) is 21.1 Å². The Balaban J connectivity index is 1.19. The standard InChI is InChI=1S/C21H20ClN5O3S/c22-18-3-4-19(26-25-18)27-7-5-13(6-8-27)20(28)24-21-23-15(12-31-21)14-1-2-16-17(11-14)30-10-9-29-16/h1-4,11-13H,5-10H2,(H,23,24,28). The van der Waals surface area contributed by atoms with E-state index in [1.54, 1.807) is 6.07 Å². The van der Waals surface area contributed by atoms with Crippen molar-refractivity contribution in [1.82, 2.24) is 15.2 Å². The van der Waals surface area contributed by atoms with Gasteiger partial charge in [0.1, 0.15) is 13.2 Å². The van der Waals surface area contributed by atoms with Crippen LogP contribution < -0.4 is 19.7 Å². The molecular formula is C21H20ClN5O3S. The first-order chi connectivity index (χ1) is 15.2. The highest BCUT2D eigenvalue weighted by Gasteiger charge is 2.26. The minimum absolute atomic E-state index is 0.00455. The first kappa shape index (κ1) is 20.0. The van der Waals surface area contributed by atoms with Crippen molar-refractivity contribution < 1.29 is 14.3 Å². The summed E-state index contributed by atoms with van der Waals surface area (Å²) in [5.74, 6) is 2.20. The lowest BCUT2D eigenvalue weighted by atomic mass is 9.96. The molecule has 0 radical (unpaired) electrons. The number of hydrogen-bond acceptors (Lipinski definition) is 8. The number of aromatic nitrogens is 3. The zero-order valence-corrected chi connectivity index (χ0v) is 18.2. The molecule has 4 heterocycles. The summed E-state index contributed by atoms with van der Waals surface area (Å²) in [5, 5.41) is 13.9. The number of piperidine rings is 1. The number of carbonyl (C=O) groups excluding carboxylic acids is 1. The van der Waals surface area contributed by atoms with Crippen LogP contribution in [0.25, 0.3) is 11.3 Å². The van der Waals surface area contributed by atoms with Crippen LogP contribution in [-0.4, -0.2) is 47.4 Å². The lowest BCUT2D eigenvalue weighted by Gasteiger charge is -2.31. The minimum Gasteiger partial charge on any atom is -0.486 e. The quantitative estimate of drug-likeness (QED) is 0.635. The fourth-order valence-electron chi connectivity index (χ4n) is 3.72. The SMILES string of the molecule is O=C(Nc1nc(-c2ccc3c(c2)OCCO3)cs1)C1CCN(c2ccc(Cl)nn2)CC1. The molecule has 8 nitrogen and oxygen atoms in total. The number of fused-ring (bicyclic) bond motifs is 1. The fourth-order valence-corrected chi connectivity index (χ4v) is 4.55. The van der Waals surface area contributed by atoms with Gasteiger partial charge in [-0.15, -0.1) is 21.5 Å². The van der Waals surface area contributed by atoms with Crippen LogP contribution in [-0.2, 0) is 4.79 Å². The maximum absolute atomic E-state index is 12.7. The number of hydrogen-bond donors (Lipinski definition) is 1. The van der Waals surface area contributed by atoms with Crippen LogP contribution in [0, 0.1) is 5.92 Å². The normalized spacial score (nSPS) is 16.2. The molecule has 5 rings (SSSR count). The van der Waals surface area contributed by atoms with Gasteiger partial charge in [0.15, 0.2) is 27.6 Å². The van der Waals surface area contributed by atoms with E-state index < -0.39 is 0 Å². The van der Waals surface area contributed by atoms with Gasteiger partial charge >= 0.3 is 0 Å². The molecule has 0 spiro atoms. The van der Waals surface area contributed by atoms with Gasteiger partial charge in [-0.05, 0) is 43.2 Å². The Morgan fingerprint density at radius 1 is 1.10 bits per heavy atom. The monoisotopic (exact) mass is 457 g/mol. The highest BCUT2D eigenvalue weighted by Crippen LogP contribution is 2.35. The summed E-state index contributed by atoms with van der Waals surface area (Å²) in [5.41, 5.74) is 1.73. The van der Waals surface area contributed by atoms with E-state index in [0.29, 0.717) is 23.5 Å². The van der Waals surface area contributed by atoms with Crippen LogP contribution in [0.15, 0.2) is 35.7 Å². The molecule has 160 valence electrons. The molecule has 0 unspecified atom stereocenters. The Kier molecular flexibility index (Phi) is 5.61. The van der Waals surface area contributed by atoms with Gasteiger partial charge in [0.05, 0.1) is 5.69 Å². The lowest BCUT2D eigenvalue weighted by Crippen LogP contribution is -2.38. The van der Waals surface area contributed by atoms with E-state index in [2.05, 4.69) is 25.4 Å². The van der Waals surface area contributed by atoms with Crippen LogP contribution in [0.2, 0.25) is 5.15 Å². The van der Waals surface area contributed by atoms with Gasteiger partial charge < -0.3 is 19.7 Å². The number of carbonyl (C=O) groups is 1. The molecule has 2 aromatic heterocycles. The van der Waals surface area contributed by atoms with Crippen molar-refractivity contribution in [3.05, 3.63) is 40.9 Å². The fraction of sp³-hybridized carbons (Fsp3) is 0.333. The third kappa shape index (κ3) is 4.42. The number of benzene rings is 1. The van der Waals surface area contributed by atoms with Crippen molar-refractivity contribution in [2.24, 2.45) is 5.92 Å². The van der Waals surface area contributed by atoms with Crippen molar-refractivity contribution in [3.8, 4) is 22.8 Å². The number of amides is 1. The van der Waals surface area contributed by atoms with Gasteiger partial charge in [0, 0.05) is 30.0 Å². The number of nitrogens with zero attached hydrogens (tertiary/aromatic N) is 4. The van der Waals surface area contributed by atoms with Gasteiger partial charge in [0.2, 0.25) is 5.91 Å². The molecule has 10 heteroatoms. The zero-order chi connectivity index (χ0) is 21.2. The van der Waals surface area contributed by atoms with E-state index in [1.165, 1.54) is 11.3 Å². The van der Waals surface area contributed by atoms with Crippen LogP contribution in [0.3, 0.4) is 0 Å². The number of ether oxygens (including phenoxy) is 2. The molecule has 0 aliphatic carbocycles. The van der Waals surface area contributed by atoms with Crippen molar-refractivity contribution in [3.63, 3.8) is 0 Å². The minimum atomic E-state index is -0.0573. The molecule has 0 saturated carbocycles. The summed E-state index contributed by atoms with van der Waals surface area (Å²) in [6, 6.07) is 9.34. The first-order valence-electron chi connectivity index (χ1n) is 10.1. The Bertz CT molecular complexity index is 1080. The predicted molar refractivity (Wildman–Crippen MR) is 119 cm³/mol. The molecule has 31 heavy (non-hydrogen) atoms. The van der Waals surface area contributed by atoms with E-state index in [-0.39, 0.29) is 11.8 Å². The molecule has 1 aromatic carbocycles. The van der Waals surface area contributed by atoms with Gasteiger partial charge in [-0.25, -0.2) is 4.98 Å². The second-order valence-electron chi connectivity index (χ2n) is 7.36. The Labute approximate surface area is 188 Å². The first-order valence-corrected chi connectivity index (χ1v) is 11.3.